The maximum Gasteiger partial charge on any atom is -0.0316 e. The summed E-state index contributed by atoms with van der Waals surface area (Å²) in [5.41, 5.74) is 0. The topological polar surface area (TPSA) is 0 Å². The quantitative estimate of drug-likeness (QED) is 0.438. The molecule has 0 aliphatic rings. The lowest BCUT2D eigenvalue weighted by Crippen LogP contribution is -1.44. The van der Waals surface area contributed by atoms with Crippen LogP contribution in [0.5, 0.6) is 0 Å². The third kappa shape index (κ3) is 3.74. The van der Waals surface area contributed by atoms with Gasteiger partial charge in [-0.25, -0.2) is 0 Å². The van der Waals surface area contributed by atoms with Crippen molar-refractivity contribution in [2.75, 3.05) is 0 Å². The van der Waals surface area contributed by atoms with Crippen molar-refractivity contribution >= 4 is 0 Å². The van der Waals surface area contributed by atoms with Crippen LogP contribution in [0, 0.1) is 13.8 Å². The van der Waals surface area contributed by atoms with Gasteiger partial charge in [0.2, 0.25) is 0 Å². The van der Waals surface area contributed by atoms with Crippen LogP contribution in [0.15, 0.2) is 12.2 Å². The summed E-state index contributed by atoms with van der Waals surface area (Å²) in [6.45, 7) is 7.00. The average molecular weight is 68.1 g/mol. The van der Waals surface area contributed by atoms with Crippen LogP contribution in [-0.2, 0) is 0 Å². The van der Waals surface area contributed by atoms with Crippen LogP contribution in [0.3, 0.4) is 0 Å². The van der Waals surface area contributed by atoms with E-state index in [0.29, 0.717) is 0 Å². The Morgan fingerprint density at radius 1 is 1.60 bits per heavy atom. The average Bonchev–Trinajstić information content (AvgIpc) is 1.41. The molecule has 28 valence electrons. The fourth-order valence-electron chi connectivity index (χ4n) is 0.118. The summed E-state index contributed by atoms with van der Waals surface area (Å²) in [4.78, 5) is 0. The summed E-state index contributed by atoms with van der Waals surface area (Å²) in [5.74, 6) is 0. The van der Waals surface area contributed by atoms with Crippen LogP contribution in [0.25, 0.3) is 0 Å². The number of hydrogen-bond donors (Lipinski definition) is 0. The zero-order valence-electron chi connectivity index (χ0n) is 3.28. The first kappa shape index (κ1) is 4.74. The molecule has 0 unspecified atom stereocenters. The highest BCUT2D eigenvalue weighted by Crippen LogP contribution is 1.72. The van der Waals surface area contributed by atoms with E-state index < -0.39 is 0 Å². The summed E-state index contributed by atoms with van der Waals surface area (Å²) < 4.78 is 0. The van der Waals surface area contributed by atoms with Crippen LogP contribution in [0.4, 0.5) is 0 Å². The van der Waals surface area contributed by atoms with Crippen molar-refractivity contribution in [1.82, 2.24) is 0 Å². The van der Waals surface area contributed by atoms with Crippen LogP contribution in [0.2, 0.25) is 0 Å². The predicted molar refractivity (Wildman–Crippen MR) is 24.5 cm³/mol. The molecule has 0 nitrogen and oxygen atoms in total. The van der Waals surface area contributed by atoms with Gasteiger partial charge in [-0.2, -0.15) is 0 Å². The van der Waals surface area contributed by atoms with Crippen molar-refractivity contribution in [3.8, 4) is 0 Å². The van der Waals surface area contributed by atoms with Gasteiger partial charge in [0, 0.05) is 0 Å². The number of rotatable bonds is 1. The molecule has 0 saturated heterocycles. The highest BCUT2D eigenvalue weighted by Gasteiger charge is 1.52. The standard InChI is InChI=1S/C5H8/c1-3-5-4-2/h3,5H,1-2,4H2/b5-3+. The molecule has 0 rings (SSSR count). The fraction of sp³-hybridized carbons (Fsp3) is 0.200. The van der Waals surface area contributed by atoms with Crippen LogP contribution in [-0.4, -0.2) is 0 Å². The maximum absolute atomic E-state index is 3.55. The second kappa shape index (κ2) is 3.74. The minimum absolute atomic E-state index is 0.851. The molecule has 0 saturated carbocycles. The van der Waals surface area contributed by atoms with Gasteiger partial charge in [-0.15, -0.1) is 0 Å². The summed E-state index contributed by atoms with van der Waals surface area (Å²) in [5, 5.41) is 0. The van der Waals surface area contributed by atoms with Crippen molar-refractivity contribution in [3.05, 3.63) is 26.0 Å². The molecule has 0 amide bonds. The van der Waals surface area contributed by atoms with Gasteiger partial charge in [-0.1, -0.05) is 12.2 Å². The molecule has 0 heterocycles. The third-order valence-corrected chi connectivity index (χ3v) is 0.333. The molecule has 0 aromatic carbocycles. The Kier molecular flexibility index (Phi) is 3.55. The monoisotopic (exact) mass is 68.1 g/mol. The Morgan fingerprint density at radius 3 is 2.20 bits per heavy atom. The predicted octanol–water partition coefficient (Wildman–Crippen LogP) is 1.60. The molecule has 2 radical (unpaired) electrons. The Balaban J connectivity index is 2.62. The molecule has 0 heteroatoms. The highest BCUT2D eigenvalue weighted by molar-refractivity contribution is 4.83. The van der Waals surface area contributed by atoms with Crippen molar-refractivity contribution in [3.63, 3.8) is 0 Å². The molecule has 0 N–H and O–H groups in total. The fourth-order valence-corrected chi connectivity index (χ4v) is 0.118. The molecule has 0 aromatic rings. The van der Waals surface area contributed by atoms with E-state index in [2.05, 4.69) is 13.8 Å². The Labute approximate surface area is 33.5 Å². The van der Waals surface area contributed by atoms with E-state index in [1.54, 1.807) is 6.08 Å². The first-order chi connectivity index (χ1) is 2.41. The molecule has 0 aromatic heterocycles. The first-order valence-corrected chi connectivity index (χ1v) is 1.65. The van der Waals surface area contributed by atoms with E-state index in [9.17, 15) is 0 Å². The Bertz CT molecular complexity index is 27.0. The van der Waals surface area contributed by atoms with Gasteiger partial charge in [0.25, 0.3) is 0 Å². The minimum Gasteiger partial charge on any atom is -0.0885 e. The molecule has 5 heavy (non-hydrogen) atoms. The molecule has 0 atom stereocenters. The van der Waals surface area contributed by atoms with E-state index in [0.717, 1.165) is 6.42 Å². The maximum atomic E-state index is 3.55. The van der Waals surface area contributed by atoms with Gasteiger partial charge in [0.1, 0.15) is 0 Å². The molecular formula is C5H8. The van der Waals surface area contributed by atoms with E-state index in [1.165, 1.54) is 0 Å². The largest absolute Gasteiger partial charge is 0.0885 e. The summed E-state index contributed by atoms with van der Waals surface area (Å²) in [7, 11) is 0. The third-order valence-electron chi connectivity index (χ3n) is 0.333. The van der Waals surface area contributed by atoms with Crippen molar-refractivity contribution in [1.29, 1.82) is 0 Å². The summed E-state index contributed by atoms with van der Waals surface area (Å²) in [6, 6.07) is 0. The molecule has 0 aliphatic heterocycles. The molecule has 0 aliphatic carbocycles. The lowest BCUT2D eigenvalue weighted by Gasteiger charge is -1.64. The van der Waals surface area contributed by atoms with Crippen molar-refractivity contribution < 1.29 is 0 Å². The molecule has 0 spiro atoms. The van der Waals surface area contributed by atoms with Gasteiger partial charge >= 0.3 is 0 Å². The van der Waals surface area contributed by atoms with Crippen molar-refractivity contribution in [2.45, 2.75) is 6.42 Å². The van der Waals surface area contributed by atoms with Crippen molar-refractivity contribution in [2.24, 2.45) is 0 Å². The molecule has 0 bridgehead atoms. The Morgan fingerprint density at radius 2 is 2.20 bits per heavy atom. The van der Waals surface area contributed by atoms with Gasteiger partial charge in [0.05, 0.1) is 0 Å². The van der Waals surface area contributed by atoms with Crippen LogP contribution in [0.1, 0.15) is 6.42 Å². The van der Waals surface area contributed by atoms with E-state index >= 15 is 0 Å². The molecular weight excluding hydrogens is 60.1 g/mol. The van der Waals surface area contributed by atoms with E-state index in [4.69, 9.17) is 0 Å². The molecule has 0 fully saturated rings. The van der Waals surface area contributed by atoms with E-state index in [-0.39, 0.29) is 0 Å². The Hall–Kier alpha value is -0.260. The zero-order chi connectivity index (χ0) is 4.12. The highest BCUT2D eigenvalue weighted by atomic mass is 13.6. The SMILES string of the molecule is [CH2]/C=C/C[CH2]. The smallest absolute Gasteiger partial charge is 0.0316 e. The van der Waals surface area contributed by atoms with Gasteiger partial charge < -0.3 is 0 Å². The first-order valence-electron chi connectivity index (χ1n) is 1.65. The van der Waals surface area contributed by atoms with E-state index in [1.807, 2.05) is 6.08 Å². The second-order valence-corrected chi connectivity index (χ2v) is 0.760. The summed E-state index contributed by atoms with van der Waals surface area (Å²) >= 11 is 0. The number of allylic oxidation sites excluding steroid dienone is 2. The normalized spacial score (nSPS) is 10.0. The second-order valence-electron chi connectivity index (χ2n) is 0.760. The number of hydrogen-bond acceptors (Lipinski definition) is 0. The van der Waals surface area contributed by atoms with Crippen LogP contribution < -0.4 is 0 Å². The lowest BCUT2D eigenvalue weighted by molar-refractivity contribution is 1.40. The minimum atomic E-state index is 0.851. The summed E-state index contributed by atoms with van der Waals surface area (Å²) in [6.07, 6.45) is 4.50. The van der Waals surface area contributed by atoms with Gasteiger partial charge in [-0.05, 0) is 20.3 Å². The zero-order valence-corrected chi connectivity index (χ0v) is 3.28. The van der Waals surface area contributed by atoms with Crippen LogP contribution >= 0.6 is 0 Å². The van der Waals surface area contributed by atoms with Gasteiger partial charge in [0.15, 0.2) is 0 Å². The van der Waals surface area contributed by atoms with Gasteiger partial charge in [-0.3, -0.25) is 0 Å². The lowest BCUT2D eigenvalue weighted by atomic mass is 10.4.